The molecule has 4 heteroatoms. The summed E-state index contributed by atoms with van der Waals surface area (Å²) in [6, 6.07) is 9.41. The number of rotatable bonds is 9. The van der Waals surface area contributed by atoms with Crippen LogP contribution in [0.2, 0.25) is 0 Å². The first-order chi connectivity index (χ1) is 8.75. The van der Waals surface area contributed by atoms with E-state index in [-0.39, 0.29) is 0 Å². The largest absolute Gasteiger partial charge is 0.289 e. The predicted molar refractivity (Wildman–Crippen MR) is 77.9 cm³/mol. The van der Waals surface area contributed by atoms with Crippen molar-refractivity contribution in [2.75, 3.05) is 10.8 Å². The number of anilines is 1. The third kappa shape index (κ3) is 5.65. The van der Waals surface area contributed by atoms with Gasteiger partial charge < -0.3 is 0 Å². The topological polar surface area (TPSA) is 40.5 Å². The van der Waals surface area contributed by atoms with Crippen LogP contribution in [0.4, 0.5) is 5.69 Å². The number of hydrogen-bond acceptors (Lipinski definition) is 1. The fraction of sp³-hybridized carbons (Fsp3) is 0.571. The SMILES string of the molecule is CCCCCCCCN(c1ccccc1)S(=O)O. The number of nitrogens with zero attached hydrogens (tertiary/aromatic N) is 1. The Hall–Kier alpha value is -0.870. The van der Waals surface area contributed by atoms with Crippen molar-refractivity contribution in [3.05, 3.63) is 30.3 Å². The molecule has 1 aromatic rings. The highest BCUT2D eigenvalue weighted by Gasteiger charge is 2.10. The lowest BCUT2D eigenvalue weighted by Gasteiger charge is -2.19. The molecule has 0 heterocycles. The molecule has 0 bridgehead atoms. The lowest BCUT2D eigenvalue weighted by atomic mass is 10.1. The third-order valence-electron chi connectivity index (χ3n) is 2.95. The Kier molecular flexibility index (Phi) is 7.69. The predicted octanol–water partition coefficient (Wildman–Crippen LogP) is 3.99. The summed E-state index contributed by atoms with van der Waals surface area (Å²) in [6.07, 6.45) is 7.11. The highest BCUT2D eigenvalue weighted by atomic mass is 32.2. The molecule has 1 atom stereocenters. The molecule has 1 rings (SSSR count). The van der Waals surface area contributed by atoms with Crippen molar-refractivity contribution >= 4 is 17.0 Å². The van der Waals surface area contributed by atoms with Crippen molar-refractivity contribution in [3.8, 4) is 0 Å². The molecule has 0 aliphatic carbocycles. The zero-order valence-electron chi connectivity index (χ0n) is 11.0. The zero-order valence-corrected chi connectivity index (χ0v) is 11.9. The van der Waals surface area contributed by atoms with E-state index >= 15 is 0 Å². The zero-order chi connectivity index (χ0) is 13.2. The fourth-order valence-corrected chi connectivity index (χ4v) is 2.51. The van der Waals surface area contributed by atoms with Crippen LogP contribution in [-0.2, 0) is 11.3 Å². The molecule has 102 valence electrons. The Morgan fingerprint density at radius 3 is 2.28 bits per heavy atom. The van der Waals surface area contributed by atoms with Crippen LogP contribution in [-0.4, -0.2) is 15.3 Å². The van der Waals surface area contributed by atoms with Crippen LogP contribution in [0.1, 0.15) is 45.4 Å². The second kappa shape index (κ2) is 9.11. The van der Waals surface area contributed by atoms with Gasteiger partial charge in [-0.15, -0.1) is 0 Å². The van der Waals surface area contributed by atoms with E-state index in [1.165, 1.54) is 25.7 Å². The lowest BCUT2D eigenvalue weighted by molar-refractivity contribution is 0.553. The highest BCUT2D eigenvalue weighted by Crippen LogP contribution is 2.16. The Morgan fingerprint density at radius 1 is 1.06 bits per heavy atom. The molecular weight excluding hydrogens is 246 g/mol. The molecule has 0 amide bonds. The summed E-state index contributed by atoms with van der Waals surface area (Å²) in [4.78, 5) is 0. The standard InChI is InChI=1S/C14H23NO2S/c1-2-3-4-5-6-10-13-15(18(16)17)14-11-8-7-9-12-14/h7-9,11-12H,2-6,10,13H2,1H3,(H,16,17). The first kappa shape index (κ1) is 15.2. The maximum atomic E-state index is 11.3. The van der Waals surface area contributed by atoms with Gasteiger partial charge in [0.25, 0.3) is 11.3 Å². The summed E-state index contributed by atoms with van der Waals surface area (Å²) in [5, 5.41) is 0. The van der Waals surface area contributed by atoms with Gasteiger partial charge in [-0.05, 0) is 18.6 Å². The minimum Gasteiger partial charge on any atom is -0.289 e. The highest BCUT2D eigenvalue weighted by molar-refractivity contribution is 7.80. The van der Waals surface area contributed by atoms with Crippen molar-refractivity contribution in [1.82, 2.24) is 0 Å². The average molecular weight is 269 g/mol. The van der Waals surface area contributed by atoms with E-state index in [4.69, 9.17) is 0 Å². The molecule has 1 unspecified atom stereocenters. The molecule has 0 aromatic heterocycles. The second-order valence-electron chi connectivity index (χ2n) is 4.44. The fourth-order valence-electron chi connectivity index (χ4n) is 1.93. The molecule has 1 aromatic carbocycles. The van der Waals surface area contributed by atoms with Gasteiger partial charge in [-0.3, -0.25) is 8.86 Å². The number of unbranched alkanes of at least 4 members (excludes halogenated alkanes) is 5. The third-order valence-corrected chi connectivity index (χ3v) is 3.72. The van der Waals surface area contributed by atoms with E-state index in [0.29, 0.717) is 6.54 Å². The van der Waals surface area contributed by atoms with Crippen molar-refractivity contribution < 1.29 is 8.76 Å². The molecule has 0 aliphatic heterocycles. The van der Waals surface area contributed by atoms with E-state index in [1.807, 2.05) is 30.3 Å². The first-order valence-corrected chi connectivity index (χ1v) is 7.75. The van der Waals surface area contributed by atoms with Gasteiger partial charge in [0.05, 0.1) is 5.69 Å². The molecule has 1 N–H and O–H groups in total. The van der Waals surface area contributed by atoms with E-state index in [2.05, 4.69) is 6.92 Å². The quantitative estimate of drug-likeness (QED) is 0.544. The van der Waals surface area contributed by atoms with Gasteiger partial charge in [-0.2, -0.15) is 0 Å². The monoisotopic (exact) mass is 269 g/mol. The molecular formula is C14H23NO2S. The Bertz CT molecular complexity index is 343. The number of benzene rings is 1. The van der Waals surface area contributed by atoms with Crippen molar-refractivity contribution in [2.24, 2.45) is 0 Å². The van der Waals surface area contributed by atoms with Crippen LogP contribution in [0.5, 0.6) is 0 Å². The van der Waals surface area contributed by atoms with Gasteiger partial charge in [-0.25, -0.2) is 4.21 Å². The van der Waals surface area contributed by atoms with Gasteiger partial charge in [-0.1, -0.05) is 57.2 Å². The second-order valence-corrected chi connectivity index (χ2v) is 5.34. The van der Waals surface area contributed by atoms with Crippen LogP contribution in [0.25, 0.3) is 0 Å². The van der Waals surface area contributed by atoms with E-state index < -0.39 is 11.3 Å². The molecule has 0 spiro atoms. The van der Waals surface area contributed by atoms with E-state index in [9.17, 15) is 8.76 Å². The van der Waals surface area contributed by atoms with E-state index in [1.54, 1.807) is 4.31 Å². The summed E-state index contributed by atoms with van der Waals surface area (Å²) in [7, 11) is 0. The van der Waals surface area contributed by atoms with Crippen LogP contribution >= 0.6 is 0 Å². The van der Waals surface area contributed by atoms with Gasteiger partial charge in [0.1, 0.15) is 0 Å². The van der Waals surface area contributed by atoms with Crippen LogP contribution < -0.4 is 4.31 Å². The van der Waals surface area contributed by atoms with Gasteiger partial charge in [0, 0.05) is 6.54 Å². The first-order valence-electron chi connectivity index (χ1n) is 6.69. The average Bonchev–Trinajstić information content (AvgIpc) is 2.38. The van der Waals surface area contributed by atoms with Crippen LogP contribution in [0.15, 0.2) is 30.3 Å². The number of para-hydroxylation sites is 1. The Labute approximate surface area is 113 Å². The lowest BCUT2D eigenvalue weighted by Crippen LogP contribution is -2.26. The Balaban J connectivity index is 2.34. The van der Waals surface area contributed by atoms with E-state index in [0.717, 1.165) is 18.5 Å². The minimum absolute atomic E-state index is 0.638. The molecule has 0 aliphatic rings. The maximum Gasteiger partial charge on any atom is 0.261 e. The summed E-state index contributed by atoms with van der Waals surface area (Å²) in [6.45, 7) is 2.84. The smallest absolute Gasteiger partial charge is 0.261 e. The molecule has 0 saturated heterocycles. The Morgan fingerprint density at radius 2 is 1.67 bits per heavy atom. The summed E-state index contributed by atoms with van der Waals surface area (Å²) in [5.74, 6) is 0. The molecule has 0 fully saturated rings. The maximum absolute atomic E-state index is 11.3. The van der Waals surface area contributed by atoms with Gasteiger partial charge >= 0.3 is 0 Å². The van der Waals surface area contributed by atoms with Crippen molar-refractivity contribution in [3.63, 3.8) is 0 Å². The van der Waals surface area contributed by atoms with Crippen LogP contribution in [0.3, 0.4) is 0 Å². The molecule has 0 radical (unpaired) electrons. The van der Waals surface area contributed by atoms with Crippen molar-refractivity contribution in [1.29, 1.82) is 0 Å². The van der Waals surface area contributed by atoms with Gasteiger partial charge in [0.2, 0.25) is 0 Å². The minimum atomic E-state index is -1.93. The van der Waals surface area contributed by atoms with Crippen LogP contribution in [0, 0.1) is 0 Å². The molecule has 18 heavy (non-hydrogen) atoms. The molecule has 0 saturated carbocycles. The molecule has 3 nitrogen and oxygen atoms in total. The number of hydrogen-bond donors (Lipinski definition) is 1. The summed E-state index contributed by atoms with van der Waals surface area (Å²) >= 11 is -1.93. The summed E-state index contributed by atoms with van der Waals surface area (Å²) < 4.78 is 22.1. The van der Waals surface area contributed by atoms with Crippen molar-refractivity contribution in [2.45, 2.75) is 45.4 Å². The summed E-state index contributed by atoms with van der Waals surface area (Å²) in [5.41, 5.74) is 0.812. The van der Waals surface area contributed by atoms with Gasteiger partial charge in [0.15, 0.2) is 0 Å². The normalized spacial score (nSPS) is 12.3.